The Morgan fingerprint density at radius 3 is 2.56 bits per heavy atom. The molecule has 2 atom stereocenters. The average Bonchev–Trinajstić information content (AvgIpc) is 2.83. The first-order valence-corrected chi connectivity index (χ1v) is 6.35. The molecule has 0 aromatic heterocycles. The molecule has 1 N–H and O–H groups in total. The molecule has 1 aliphatic carbocycles. The van der Waals surface area contributed by atoms with Gasteiger partial charge < -0.3 is 9.84 Å². The second-order valence-electron chi connectivity index (χ2n) is 5.52. The molecule has 16 heavy (non-hydrogen) atoms. The van der Waals surface area contributed by atoms with Gasteiger partial charge in [-0.05, 0) is 38.0 Å². The van der Waals surface area contributed by atoms with E-state index >= 15 is 0 Å². The monoisotopic (exact) mass is 223 g/mol. The molecule has 3 heteroatoms. The maximum atomic E-state index is 10.4. The first kappa shape index (κ1) is 11.9. The summed E-state index contributed by atoms with van der Waals surface area (Å²) in [4.78, 5) is 0. The molecule has 3 nitrogen and oxygen atoms in total. The van der Waals surface area contributed by atoms with Crippen molar-refractivity contribution in [2.75, 3.05) is 13.2 Å². The summed E-state index contributed by atoms with van der Waals surface area (Å²) in [6.45, 7) is 3.59. The highest BCUT2D eigenvalue weighted by Crippen LogP contribution is 2.44. The van der Waals surface area contributed by atoms with E-state index in [9.17, 15) is 10.4 Å². The average molecular weight is 223 g/mol. The summed E-state index contributed by atoms with van der Waals surface area (Å²) in [5.74, 6) is 0.876. The lowest BCUT2D eigenvalue weighted by molar-refractivity contribution is -0.0164. The van der Waals surface area contributed by atoms with E-state index in [-0.39, 0.29) is 5.92 Å². The second kappa shape index (κ2) is 4.73. The number of nitrogens with zero attached hydrogens (tertiary/aromatic N) is 1. The smallest absolute Gasteiger partial charge is 0.0836 e. The Labute approximate surface area is 97.4 Å². The molecule has 1 saturated carbocycles. The molecule has 2 rings (SSSR count). The van der Waals surface area contributed by atoms with Gasteiger partial charge in [0.15, 0.2) is 0 Å². The lowest BCUT2D eigenvalue weighted by Gasteiger charge is -2.39. The highest BCUT2D eigenvalue weighted by atomic mass is 16.5. The number of aliphatic hydroxyl groups is 1. The van der Waals surface area contributed by atoms with E-state index in [1.165, 1.54) is 0 Å². The number of rotatable bonds is 2. The predicted molar refractivity (Wildman–Crippen MR) is 60.6 cm³/mol. The molecule has 1 heterocycles. The van der Waals surface area contributed by atoms with Gasteiger partial charge >= 0.3 is 0 Å². The Kier molecular flexibility index (Phi) is 3.51. The van der Waals surface area contributed by atoms with Crippen molar-refractivity contribution in [3.05, 3.63) is 0 Å². The van der Waals surface area contributed by atoms with Crippen molar-refractivity contribution in [2.24, 2.45) is 17.3 Å². The minimum atomic E-state index is -0.495. The molecule has 0 bridgehead atoms. The Morgan fingerprint density at radius 1 is 1.38 bits per heavy atom. The summed E-state index contributed by atoms with van der Waals surface area (Å²) in [7, 11) is 0. The normalized spacial score (nSPS) is 41.6. The first-order valence-electron chi connectivity index (χ1n) is 6.35. The molecule has 0 aromatic carbocycles. The molecule has 2 fully saturated rings. The van der Waals surface area contributed by atoms with E-state index in [2.05, 4.69) is 13.0 Å². The summed E-state index contributed by atoms with van der Waals surface area (Å²) >= 11 is 0. The van der Waals surface area contributed by atoms with Crippen molar-refractivity contribution < 1.29 is 9.84 Å². The highest BCUT2D eigenvalue weighted by Gasteiger charge is 2.45. The topological polar surface area (TPSA) is 53.2 Å². The van der Waals surface area contributed by atoms with Gasteiger partial charge in [-0.3, -0.25) is 0 Å². The molecule has 90 valence electrons. The summed E-state index contributed by atoms with van der Waals surface area (Å²) in [5.41, 5.74) is -0.495. The fourth-order valence-electron chi connectivity index (χ4n) is 3.00. The van der Waals surface area contributed by atoms with E-state index in [1.54, 1.807) is 0 Å². The van der Waals surface area contributed by atoms with Gasteiger partial charge in [-0.2, -0.15) is 5.26 Å². The maximum Gasteiger partial charge on any atom is 0.0836 e. The van der Waals surface area contributed by atoms with Crippen LogP contribution in [0, 0.1) is 28.6 Å². The predicted octanol–water partition coefficient (Wildman–Crippen LogP) is 2.10. The van der Waals surface area contributed by atoms with Crippen LogP contribution in [0.1, 0.15) is 39.0 Å². The summed E-state index contributed by atoms with van der Waals surface area (Å²) in [5, 5.41) is 19.8. The van der Waals surface area contributed by atoms with E-state index in [0.717, 1.165) is 38.7 Å². The molecule has 0 spiro atoms. The standard InChI is InChI=1S/C13H21NO2/c1-10-2-5-13(9-14,6-3-10)12(15)11-4-7-16-8-11/h10-12,15H,2-8H2,1H3. The third kappa shape index (κ3) is 2.09. The molecule has 1 aliphatic heterocycles. The molecular formula is C13H21NO2. The Hall–Kier alpha value is -0.590. The van der Waals surface area contributed by atoms with E-state index in [0.29, 0.717) is 12.5 Å². The Balaban J connectivity index is 2.06. The van der Waals surface area contributed by atoms with Crippen LogP contribution in [0.15, 0.2) is 0 Å². The van der Waals surface area contributed by atoms with Crippen LogP contribution in [-0.2, 0) is 4.74 Å². The van der Waals surface area contributed by atoms with Gasteiger partial charge in [-0.15, -0.1) is 0 Å². The summed E-state index contributed by atoms with van der Waals surface area (Å²) < 4.78 is 5.31. The fourth-order valence-corrected chi connectivity index (χ4v) is 3.00. The SMILES string of the molecule is CC1CCC(C#N)(C(O)C2CCOC2)CC1. The van der Waals surface area contributed by atoms with E-state index in [4.69, 9.17) is 4.74 Å². The third-order valence-corrected chi connectivity index (χ3v) is 4.37. The van der Waals surface area contributed by atoms with Gasteiger partial charge in [0.1, 0.15) is 0 Å². The minimum absolute atomic E-state index is 0.174. The maximum absolute atomic E-state index is 10.4. The third-order valence-electron chi connectivity index (χ3n) is 4.37. The zero-order valence-corrected chi connectivity index (χ0v) is 9.98. The lowest BCUT2D eigenvalue weighted by Crippen LogP contribution is -2.42. The van der Waals surface area contributed by atoms with Crippen molar-refractivity contribution in [1.82, 2.24) is 0 Å². The van der Waals surface area contributed by atoms with Gasteiger partial charge in [0.2, 0.25) is 0 Å². The van der Waals surface area contributed by atoms with Crippen molar-refractivity contribution in [1.29, 1.82) is 5.26 Å². The Morgan fingerprint density at radius 2 is 2.06 bits per heavy atom. The quantitative estimate of drug-likeness (QED) is 0.780. The van der Waals surface area contributed by atoms with Gasteiger partial charge in [-0.25, -0.2) is 0 Å². The molecule has 0 amide bonds. The largest absolute Gasteiger partial charge is 0.391 e. The zero-order chi connectivity index (χ0) is 11.6. The van der Waals surface area contributed by atoms with Gasteiger partial charge in [-0.1, -0.05) is 6.92 Å². The van der Waals surface area contributed by atoms with E-state index < -0.39 is 11.5 Å². The number of hydrogen-bond donors (Lipinski definition) is 1. The molecule has 2 unspecified atom stereocenters. The van der Waals surface area contributed by atoms with Crippen LogP contribution in [0.4, 0.5) is 0 Å². The summed E-state index contributed by atoms with van der Waals surface area (Å²) in [6.07, 6.45) is 4.24. The number of nitriles is 1. The van der Waals surface area contributed by atoms with Crippen LogP contribution in [-0.4, -0.2) is 24.4 Å². The fraction of sp³-hybridized carbons (Fsp3) is 0.923. The van der Waals surface area contributed by atoms with Crippen LogP contribution in [0.5, 0.6) is 0 Å². The number of hydrogen-bond acceptors (Lipinski definition) is 3. The van der Waals surface area contributed by atoms with Crippen LogP contribution in [0.25, 0.3) is 0 Å². The summed E-state index contributed by atoms with van der Waals surface area (Å²) in [6, 6.07) is 2.41. The molecule has 0 aromatic rings. The van der Waals surface area contributed by atoms with Gasteiger partial charge in [0, 0.05) is 12.5 Å². The molecule has 1 saturated heterocycles. The minimum Gasteiger partial charge on any atom is -0.391 e. The van der Waals surface area contributed by atoms with Crippen molar-refractivity contribution >= 4 is 0 Å². The molecular weight excluding hydrogens is 202 g/mol. The van der Waals surface area contributed by atoms with Gasteiger partial charge in [0.05, 0.1) is 24.2 Å². The number of aliphatic hydroxyl groups excluding tert-OH is 1. The lowest BCUT2D eigenvalue weighted by atomic mass is 9.65. The van der Waals surface area contributed by atoms with Crippen molar-refractivity contribution in [3.63, 3.8) is 0 Å². The zero-order valence-electron chi connectivity index (χ0n) is 9.98. The van der Waals surface area contributed by atoms with Crippen LogP contribution < -0.4 is 0 Å². The van der Waals surface area contributed by atoms with Crippen molar-refractivity contribution in [3.8, 4) is 6.07 Å². The van der Waals surface area contributed by atoms with Gasteiger partial charge in [0.25, 0.3) is 0 Å². The van der Waals surface area contributed by atoms with Crippen molar-refractivity contribution in [2.45, 2.75) is 45.1 Å². The van der Waals surface area contributed by atoms with E-state index in [1.807, 2.05) is 0 Å². The van der Waals surface area contributed by atoms with Crippen LogP contribution in [0.3, 0.4) is 0 Å². The van der Waals surface area contributed by atoms with Crippen LogP contribution in [0.2, 0.25) is 0 Å². The first-order chi connectivity index (χ1) is 7.68. The highest BCUT2D eigenvalue weighted by molar-refractivity contribution is 5.07. The second-order valence-corrected chi connectivity index (χ2v) is 5.52. The van der Waals surface area contributed by atoms with Crippen LogP contribution >= 0.6 is 0 Å². The molecule has 0 radical (unpaired) electrons. The Bertz CT molecular complexity index is 270. The number of ether oxygens (including phenoxy) is 1. The molecule has 2 aliphatic rings.